The molecule has 38 heavy (non-hydrogen) atoms. The van der Waals surface area contributed by atoms with Crippen LogP contribution in [0, 0.1) is 18.6 Å². The maximum atomic E-state index is 13.9. The summed E-state index contributed by atoms with van der Waals surface area (Å²) >= 11 is 6.27. The molecule has 1 N–H and O–H groups in total. The molecular weight excluding hydrogens is 516 g/mol. The first-order valence-corrected chi connectivity index (χ1v) is 12.1. The van der Waals surface area contributed by atoms with Gasteiger partial charge < -0.3 is 9.84 Å². The van der Waals surface area contributed by atoms with E-state index in [1.807, 2.05) is 13.8 Å². The SMILES string of the molecule is C\C=C(/N=C/C(=C/n1c(C)cc(OCc2ncc(F)cc2F)c(Cl)c1=O)CC)c1ccnc(C(C)(C)O)n1. The van der Waals surface area contributed by atoms with E-state index in [4.69, 9.17) is 16.3 Å². The molecule has 0 aliphatic heterocycles. The molecule has 0 saturated carbocycles. The number of halogens is 3. The number of aromatic nitrogens is 4. The topological polar surface area (TPSA) is 102 Å². The molecule has 0 bridgehead atoms. The Bertz CT molecular complexity index is 1480. The zero-order valence-electron chi connectivity index (χ0n) is 21.7. The minimum atomic E-state index is -1.20. The van der Waals surface area contributed by atoms with Gasteiger partial charge in [-0.15, -0.1) is 0 Å². The average molecular weight is 544 g/mol. The van der Waals surface area contributed by atoms with Crippen molar-refractivity contribution in [1.29, 1.82) is 0 Å². The van der Waals surface area contributed by atoms with E-state index in [2.05, 4.69) is 19.9 Å². The van der Waals surface area contributed by atoms with Gasteiger partial charge in [0.2, 0.25) is 0 Å². The molecule has 0 radical (unpaired) electrons. The van der Waals surface area contributed by atoms with Crippen molar-refractivity contribution in [2.45, 2.75) is 53.2 Å². The van der Waals surface area contributed by atoms with Crippen LogP contribution in [-0.2, 0) is 12.2 Å². The fraction of sp³-hybridized carbons (Fsp3) is 0.296. The lowest BCUT2D eigenvalue weighted by atomic mass is 10.1. The Morgan fingerprint density at radius 1 is 1.29 bits per heavy atom. The van der Waals surface area contributed by atoms with Crippen LogP contribution in [0.25, 0.3) is 11.9 Å². The first-order chi connectivity index (χ1) is 17.9. The Kier molecular flexibility index (Phi) is 9.24. The van der Waals surface area contributed by atoms with Gasteiger partial charge in [0.05, 0.1) is 17.6 Å². The van der Waals surface area contributed by atoms with Crippen LogP contribution in [0.1, 0.15) is 57.0 Å². The van der Waals surface area contributed by atoms with E-state index >= 15 is 0 Å². The van der Waals surface area contributed by atoms with Crippen LogP contribution < -0.4 is 10.3 Å². The molecule has 3 heterocycles. The summed E-state index contributed by atoms with van der Waals surface area (Å²) in [6.07, 6.45) is 8.00. The molecule has 0 amide bonds. The van der Waals surface area contributed by atoms with Crippen LogP contribution in [0.3, 0.4) is 0 Å². The average Bonchev–Trinajstić information content (AvgIpc) is 2.87. The largest absolute Gasteiger partial charge is 0.485 e. The van der Waals surface area contributed by atoms with Crippen LogP contribution in [0.4, 0.5) is 8.78 Å². The molecule has 0 aromatic carbocycles. The van der Waals surface area contributed by atoms with Crippen molar-refractivity contribution in [3.8, 4) is 5.75 Å². The summed E-state index contributed by atoms with van der Waals surface area (Å²) in [4.78, 5) is 29.7. The highest BCUT2D eigenvalue weighted by atomic mass is 35.5. The third kappa shape index (κ3) is 6.96. The number of aliphatic hydroxyl groups is 1. The number of hydrogen-bond acceptors (Lipinski definition) is 7. The summed E-state index contributed by atoms with van der Waals surface area (Å²) in [5.74, 6) is -1.34. The van der Waals surface area contributed by atoms with E-state index in [-0.39, 0.29) is 28.9 Å². The fourth-order valence-corrected chi connectivity index (χ4v) is 3.47. The van der Waals surface area contributed by atoms with E-state index in [0.29, 0.717) is 35.1 Å². The number of aliphatic imine (C=N–C) groups is 1. The van der Waals surface area contributed by atoms with Gasteiger partial charge in [0.15, 0.2) is 11.6 Å². The molecule has 0 aliphatic rings. The number of allylic oxidation sites excluding steroid dienone is 2. The number of rotatable bonds is 9. The predicted molar refractivity (Wildman–Crippen MR) is 143 cm³/mol. The van der Waals surface area contributed by atoms with E-state index in [9.17, 15) is 18.7 Å². The summed E-state index contributed by atoms with van der Waals surface area (Å²) in [6.45, 7) is 8.28. The predicted octanol–water partition coefficient (Wildman–Crippen LogP) is 5.46. The van der Waals surface area contributed by atoms with Crippen LogP contribution in [0.5, 0.6) is 5.75 Å². The molecule has 8 nitrogen and oxygen atoms in total. The van der Waals surface area contributed by atoms with Gasteiger partial charge in [-0.3, -0.25) is 19.3 Å². The van der Waals surface area contributed by atoms with Crippen LogP contribution in [0.2, 0.25) is 5.02 Å². The highest BCUT2D eigenvalue weighted by Crippen LogP contribution is 2.24. The zero-order chi connectivity index (χ0) is 28.0. The quantitative estimate of drug-likeness (QED) is 0.359. The Hall–Kier alpha value is -3.76. The lowest BCUT2D eigenvalue weighted by Gasteiger charge is -2.15. The fourth-order valence-electron chi connectivity index (χ4n) is 3.27. The minimum Gasteiger partial charge on any atom is -0.485 e. The number of nitrogens with zero attached hydrogens (tertiary/aromatic N) is 5. The molecule has 0 aliphatic carbocycles. The molecule has 3 aromatic rings. The van der Waals surface area contributed by atoms with Crippen molar-refractivity contribution < 1.29 is 18.6 Å². The monoisotopic (exact) mass is 543 g/mol. The third-order valence-corrected chi connectivity index (χ3v) is 5.75. The van der Waals surface area contributed by atoms with Gasteiger partial charge in [-0.1, -0.05) is 24.6 Å². The zero-order valence-corrected chi connectivity index (χ0v) is 22.4. The highest BCUT2D eigenvalue weighted by Gasteiger charge is 2.20. The van der Waals surface area contributed by atoms with E-state index in [1.54, 1.807) is 57.6 Å². The lowest BCUT2D eigenvalue weighted by Crippen LogP contribution is -2.20. The van der Waals surface area contributed by atoms with Crippen LogP contribution in [-0.4, -0.2) is 30.8 Å². The summed E-state index contributed by atoms with van der Waals surface area (Å²) in [6, 6.07) is 3.94. The van der Waals surface area contributed by atoms with Crippen LogP contribution >= 0.6 is 11.6 Å². The van der Waals surface area contributed by atoms with Gasteiger partial charge in [-0.25, -0.2) is 18.7 Å². The van der Waals surface area contributed by atoms with E-state index in [0.717, 1.165) is 6.20 Å². The van der Waals surface area contributed by atoms with Crippen molar-refractivity contribution in [2.24, 2.45) is 4.99 Å². The van der Waals surface area contributed by atoms with Crippen molar-refractivity contribution in [2.75, 3.05) is 0 Å². The Labute approximate surface area is 224 Å². The second kappa shape index (κ2) is 12.2. The van der Waals surface area contributed by atoms with Crippen molar-refractivity contribution in [1.82, 2.24) is 19.5 Å². The molecule has 0 spiro atoms. The van der Waals surface area contributed by atoms with E-state index in [1.165, 1.54) is 4.57 Å². The standard InChI is InChI=1S/C27H28ClF2N5O3/c1-6-17(12-32-20(7-2)21-8-9-31-26(34-21)27(4,5)37)14-35-16(3)10-23(24(28)25(35)36)38-15-22-19(30)11-18(29)13-33-22/h7-14,37H,6,15H2,1-5H3/b17-14+,20-7-,32-12+. The molecule has 0 atom stereocenters. The van der Waals surface area contributed by atoms with E-state index < -0.39 is 22.8 Å². The normalized spacial score (nSPS) is 12.9. The lowest BCUT2D eigenvalue weighted by molar-refractivity contribution is 0.0686. The van der Waals surface area contributed by atoms with Crippen molar-refractivity contribution in [3.63, 3.8) is 0 Å². The number of ether oxygens (including phenoxy) is 1. The first-order valence-electron chi connectivity index (χ1n) is 11.8. The van der Waals surface area contributed by atoms with Gasteiger partial charge in [0, 0.05) is 36.4 Å². The second-order valence-corrected chi connectivity index (χ2v) is 9.20. The minimum absolute atomic E-state index is 0.0543. The molecule has 0 fully saturated rings. The highest BCUT2D eigenvalue weighted by molar-refractivity contribution is 6.31. The van der Waals surface area contributed by atoms with Gasteiger partial charge in [-0.05, 0) is 45.8 Å². The first kappa shape index (κ1) is 28.8. The molecule has 0 unspecified atom stereocenters. The Morgan fingerprint density at radius 3 is 2.66 bits per heavy atom. The van der Waals surface area contributed by atoms with Gasteiger partial charge in [0.25, 0.3) is 5.56 Å². The summed E-state index contributed by atoms with van der Waals surface area (Å²) in [5.41, 5.74) is 0.468. The van der Waals surface area contributed by atoms with Gasteiger partial charge in [0.1, 0.15) is 34.5 Å². The Morgan fingerprint density at radius 2 is 2.03 bits per heavy atom. The van der Waals surface area contributed by atoms with Crippen molar-refractivity contribution in [3.05, 3.63) is 92.2 Å². The number of aryl methyl sites for hydroxylation is 1. The van der Waals surface area contributed by atoms with Gasteiger partial charge in [-0.2, -0.15) is 0 Å². The second-order valence-electron chi connectivity index (χ2n) is 8.82. The molecule has 3 aromatic heterocycles. The number of pyridine rings is 2. The van der Waals surface area contributed by atoms with Crippen LogP contribution in [0.15, 0.2) is 52.0 Å². The summed E-state index contributed by atoms with van der Waals surface area (Å²) in [7, 11) is 0. The molecule has 3 rings (SSSR count). The smallest absolute Gasteiger partial charge is 0.277 e. The molecule has 11 heteroatoms. The summed E-state index contributed by atoms with van der Waals surface area (Å²) < 4.78 is 33.8. The van der Waals surface area contributed by atoms with Crippen molar-refractivity contribution >= 4 is 29.7 Å². The molecule has 0 saturated heterocycles. The molecule has 200 valence electrons. The number of hydrogen-bond donors (Lipinski definition) is 1. The molecular formula is C27H28ClF2N5O3. The summed E-state index contributed by atoms with van der Waals surface area (Å²) in [5, 5.41) is 10.0. The van der Waals surface area contributed by atoms with Gasteiger partial charge >= 0.3 is 0 Å². The maximum absolute atomic E-state index is 13.9. The Balaban J connectivity index is 1.87. The third-order valence-electron chi connectivity index (χ3n) is 5.40. The maximum Gasteiger partial charge on any atom is 0.277 e.